The predicted octanol–water partition coefficient (Wildman–Crippen LogP) is 4.15. The molecular weight excluding hydrogens is 529 g/mol. The molecule has 0 amide bonds. The average molecular weight is 561 g/mol. The van der Waals surface area contributed by atoms with Crippen LogP contribution in [0, 0.1) is 0 Å². The second kappa shape index (κ2) is 10.9. The van der Waals surface area contributed by atoms with Crippen LogP contribution in [-0.2, 0) is 15.6 Å². The summed E-state index contributed by atoms with van der Waals surface area (Å²) in [6, 6.07) is 22.8. The molecular formula is C28H31Cl2N3O3S. The molecule has 0 radical (unpaired) electrons. The maximum Gasteiger partial charge on any atom is 0.157 e. The molecule has 2 aliphatic heterocycles. The van der Waals surface area contributed by atoms with Crippen LogP contribution in [-0.4, -0.2) is 69.0 Å². The molecule has 5 rings (SSSR count). The van der Waals surface area contributed by atoms with Gasteiger partial charge in [0.05, 0.1) is 17.5 Å². The summed E-state index contributed by atoms with van der Waals surface area (Å²) in [5, 5.41) is 15.8. The zero-order chi connectivity index (χ0) is 26.0. The van der Waals surface area contributed by atoms with Crippen molar-refractivity contribution in [3.63, 3.8) is 0 Å². The van der Waals surface area contributed by atoms with Crippen LogP contribution in [0.1, 0.15) is 22.7 Å². The first kappa shape index (κ1) is 26.5. The Labute approximate surface area is 228 Å². The zero-order valence-electron chi connectivity index (χ0n) is 20.5. The number of β-amino-alcohol motifs (C(OH)–C–C–N with tert-alkyl or cyclic N) is 1. The fraction of sp³-hybridized carbons (Fsp3) is 0.357. The van der Waals surface area contributed by atoms with Gasteiger partial charge < -0.3 is 15.3 Å². The van der Waals surface area contributed by atoms with Crippen molar-refractivity contribution in [1.82, 2.24) is 10.2 Å². The van der Waals surface area contributed by atoms with Crippen molar-refractivity contribution in [3.05, 3.63) is 99.5 Å². The number of benzene rings is 3. The van der Waals surface area contributed by atoms with Crippen LogP contribution in [0.5, 0.6) is 0 Å². The summed E-state index contributed by atoms with van der Waals surface area (Å²) >= 11 is 12.2. The molecule has 0 atom stereocenters. The number of likely N-dealkylation sites (tertiary alicyclic amines) is 1. The lowest BCUT2D eigenvalue weighted by Crippen LogP contribution is -2.65. The van der Waals surface area contributed by atoms with E-state index in [-0.39, 0.29) is 30.6 Å². The standard InChI is InChI=1S/C28H31Cl2N3O3S/c29-24-8-4-22(5-9-24)27(23-6-10-25(30)11-7-23)33-18-28(34,19-33)20-37(35,36)17-21-2-1-3-26(16-21)32-14-12-31-13-15-32/h1-11,16,27,31,34H,12-15,17-20H2. The number of hydrogen-bond donors (Lipinski definition) is 2. The van der Waals surface area contributed by atoms with E-state index in [0.717, 1.165) is 48.6 Å². The lowest BCUT2D eigenvalue weighted by Gasteiger charge is -2.50. The van der Waals surface area contributed by atoms with Crippen molar-refractivity contribution in [2.45, 2.75) is 17.4 Å². The van der Waals surface area contributed by atoms with E-state index in [4.69, 9.17) is 23.2 Å². The Balaban J connectivity index is 1.28. The quantitative estimate of drug-likeness (QED) is 0.432. The van der Waals surface area contributed by atoms with Crippen LogP contribution in [0.15, 0.2) is 72.8 Å². The summed E-state index contributed by atoms with van der Waals surface area (Å²) in [6.45, 7) is 4.13. The number of halogens is 2. The number of anilines is 1. The van der Waals surface area contributed by atoms with Gasteiger partial charge in [-0.2, -0.15) is 0 Å². The highest BCUT2D eigenvalue weighted by atomic mass is 35.5. The summed E-state index contributed by atoms with van der Waals surface area (Å²) in [4.78, 5) is 4.35. The first-order chi connectivity index (χ1) is 17.7. The van der Waals surface area contributed by atoms with E-state index < -0.39 is 15.4 Å². The molecule has 37 heavy (non-hydrogen) atoms. The second-order valence-electron chi connectivity index (χ2n) is 10.1. The van der Waals surface area contributed by atoms with E-state index in [1.54, 1.807) is 0 Å². The third-order valence-corrected chi connectivity index (χ3v) is 9.25. The van der Waals surface area contributed by atoms with Crippen molar-refractivity contribution in [3.8, 4) is 0 Å². The Morgan fingerprint density at radius 3 is 2.03 bits per heavy atom. The largest absolute Gasteiger partial charge is 0.386 e. The Hall–Kier alpha value is -2.13. The van der Waals surface area contributed by atoms with Gasteiger partial charge in [-0.05, 0) is 53.1 Å². The molecule has 3 aromatic carbocycles. The van der Waals surface area contributed by atoms with Crippen molar-refractivity contribution in [2.24, 2.45) is 0 Å². The van der Waals surface area contributed by atoms with Crippen LogP contribution in [0.2, 0.25) is 10.0 Å². The summed E-state index contributed by atoms with van der Waals surface area (Å²) in [6.07, 6.45) is 0. The summed E-state index contributed by atoms with van der Waals surface area (Å²) < 4.78 is 26.3. The summed E-state index contributed by atoms with van der Waals surface area (Å²) in [5.74, 6) is -0.366. The Bertz CT molecular complexity index is 1280. The Morgan fingerprint density at radius 2 is 1.46 bits per heavy atom. The van der Waals surface area contributed by atoms with Gasteiger partial charge in [0.25, 0.3) is 0 Å². The van der Waals surface area contributed by atoms with E-state index in [2.05, 4.69) is 15.1 Å². The van der Waals surface area contributed by atoms with Gasteiger partial charge in [0.1, 0.15) is 5.60 Å². The fourth-order valence-electron chi connectivity index (χ4n) is 5.37. The van der Waals surface area contributed by atoms with Gasteiger partial charge >= 0.3 is 0 Å². The smallest absolute Gasteiger partial charge is 0.157 e. The van der Waals surface area contributed by atoms with Gasteiger partial charge in [-0.1, -0.05) is 59.6 Å². The van der Waals surface area contributed by atoms with Crippen molar-refractivity contribution < 1.29 is 13.5 Å². The molecule has 0 saturated carbocycles. The average Bonchev–Trinajstić information content (AvgIpc) is 2.85. The molecule has 0 aromatic heterocycles. The molecule has 2 aliphatic rings. The third kappa shape index (κ3) is 6.48. The third-order valence-electron chi connectivity index (χ3n) is 7.00. The highest BCUT2D eigenvalue weighted by Crippen LogP contribution is 2.37. The SMILES string of the molecule is O=S(=O)(Cc1cccc(N2CCNCC2)c1)CC1(O)CN(C(c2ccc(Cl)cc2)c2ccc(Cl)cc2)C1. The van der Waals surface area contributed by atoms with E-state index in [0.29, 0.717) is 10.0 Å². The molecule has 2 saturated heterocycles. The summed E-state index contributed by atoms with van der Waals surface area (Å²) in [5.41, 5.74) is 2.52. The van der Waals surface area contributed by atoms with E-state index in [1.165, 1.54) is 0 Å². The van der Waals surface area contributed by atoms with Crippen molar-refractivity contribution in [2.75, 3.05) is 49.9 Å². The Kier molecular flexibility index (Phi) is 7.82. The molecule has 2 N–H and O–H groups in total. The highest BCUT2D eigenvalue weighted by molar-refractivity contribution is 7.90. The Morgan fingerprint density at radius 1 is 0.892 bits per heavy atom. The molecule has 9 heteroatoms. The molecule has 0 spiro atoms. The van der Waals surface area contributed by atoms with Crippen molar-refractivity contribution >= 4 is 38.7 Å². The first-order valence-corrected chi connectivity index (χ1v) is 15.0. The van der Waals surface area contributed by atoms with Gasteiger partial charge in [-0.15, -0.1) is 0 Å². The number of piperazine rings is 1. The normalized spacial score (nSPS) is 18.1. The predicted molar refractivity (Wildman–Crippen MR) is 150 cm³/mol. The first-order valence-electron chi connectivity index (χ1n) is 12.4. The van der Waals surface area contributed by atoms with Gasteiger partial charge in [-0.3, -0.25) is 4.90 Å². The van der Waals surface area contributed by atoms with Crippen LogP contribution in [0.25, 0.3) is 0 Å². The number of nitrogens with one attached hydrogen (secondary N) is 1. The van der Waals surface area contributed by atoms with E-state index in [9.17, 15) is 13.5 Å². The molecule has 3 aromatic rings. The highest BCUT2D eigenvalue weighted by Gasteiger charge is 2.47. The van der Waals surface area contributed by atoms with Crippen LogP contribution >= 0.6 is 23.2 Å². The summed E-state index contributed by atoms with van der Waals surface area (Å²) in [7, 11) is -3.53. The molecule has 0 bridgehead atoms. The molecule has 2 heterocycles. The van der Waals surface area contributed by atoms with Gasteiger partial charge in [0, 0.05) is 55.0 Å². The van der Waals surface area contributed by atoms with Gasteiger partial charge in [0.2, 0.25) is 0 Å². The second-order valence-corrected chi connectivity index (χ2v) is 13.0. The lowest BCUT2D eigenvalue weighted by atomic mass is 9.88. The fourth-order valence-corrected chi connectivity index (χ4v) is 7.41. The maximum atomic E-state index is 13.2. The minimum atomic E-state index is -3.53. The molecule has 196 valence electrons. The molecule has 0 aliphatic carbocycles. The minimum absolute atomic E-state index is 0.0902. The lowest BCUT2D eigenvalue weighted by molar-refractivity contribution is -0.0937. The van der Waals surface area contributed by atoms with Crippen LogP contribution in [0.3, 0.4) is 0 Å². The van der Waals surface area contributed by atoms with Gasteiger partial charge in [0.15, 0.2) is 9.84 Å². The monoisotopic (exact) mass is 559 g/mol. The molecule has 2 fully saturated rings. The van der Waals surface area contributed by atoms with Crippen LogP contribution < -0.4 is 10.2 Å². The zero-order valence-corrected chi connectivity index (χ0v) is 22.8. The maximum absolute atomic E-state index is 13.2. The van der Waals surface area contributed by atoms with E-state index in [1.807, 2.05) is 72.8 Å². The minimum Gasteiger partial charge on any atom is -0.386 e. The van der Waals surface area contributed by atoms with Gasteiger partial charge in [-0.25, -0.2) is 8.42 Å². The van der Waals surface area contributed by atoms with Crippen LogP contribution in [0.4, 0.5) is 5.69 Å². The molecule has 0 unspecified atom stereocenters. The topological polar surface area (TPSA) is 72.9 Å². The number of hydrogen-bond acceptors (Lipinski definition) is 6. The number of aliphatic hydroxyl groups is 1. The number of rotatable bonds is 8. The number of nitrogens with zero attached hydrogens (tertiary/aromatic N) is 2. The molecule has 6 nitrogen and oxygen atoms in total. The van der Waals surface area contributed by atoms with E-state index >= 15 is 0 Å². The van der Waals surface area contributed by atoms with Crippen molar-refractivity contribution in [1.29, 1.82) is 0 Å². The number of sulfone groups is 1.